The molecule has 2 heteroatoms. The summed E-state index contributed by atoms with van der Waals surface area (Å²) in [6, 6.07) is 8.45. The van der Waals surface area contributed by atoms with Gasteiger partial charge in [-0.3, -0.25) is 0 Å². The molecule has 0 aliphatic carbocycles. The zero-order chi connectivity index (χ0) is 8.27. The van der Waals surface area contributed by atoms with E-state index >= 15 is 0 Å². The highest BCUT2D eigenvalue weighted by molar-refractivity contribution is 9.10. The van der Waals surface area contributed by atoms with E-state index in [4.69, 9.17) is 0 Å². The van der Waals surface area contributed by atoms with Gasteiger partial charge in [0.25, 0.3) is 0 Å². The third-order valence-corrected chi connectivity index (χ3v) is 3.17. The predicted octanol–water partition coefficient (Wildman–Crippen LogP) is 3.95. The third kappa shape index (κ3) is 2.60. The first kappa shape index (κ1) is 9.27. The smallest absolute Gasteiger partial charge is 0.0175 e. The summed E-state index contributed by atoms with van der Waals surface area (Å²) in [5, 5.41) is 1.02. The molecule has 0 amide bonds. The maximum atomic E-state index is 3.46. The SMILES string of the molecule is CC(CBr)c1ccc(Br)cc1. The van der Waals surface area contributed by atoms with E-state index in [2.05, 4.69) is 63.0 Å². The highest BCUT2D eigenvalue weighted by Crippen LogP contribution is 2.19. The van der Waals surface area contributed by atoms with Crippen LogP contribution in [0.5, 0.6) is 0 Å². The van der Waals surface area contributed by atoms with E-state index in [1.807, 2.05) is 0 Å². The van der Waals surface area contributed by atoms with Crippen LogP contribution in [-0.4, -0.2) is 5.33 Å². The molecular formula is C9H10Br2. The summed E-state index contributed by atoms with van der Waals surface area (Å²) in [7, 11) is 0. The Labute approximate surface area is 84.3 Å². The molecule has 1 aromatic rings. The van der Waals surface area contributed by atoms with Crippen molar-refractivity contribution >= 4 is 31.9 Å². The first-order chi connectivity index (χ1) is 5.24. The van der Waals surface area contributed by atoms with Gasteiger partial charge in [-0.25, -0.2) is 0 Å². The van der Waals surface area contributed by atoms with Crippen molar-refractivity contribution in [2.75, 3.05) is 5.33 Å². The van der Waals surface area contributed by atoms with Gasteiger partial charge >= 0.3 is 0 Å². The van der Waals surface area contributed by atoms with Gasteiger partial charge in [-0.15, -0.1) is 0 Å². The van der Waals surface area contributed by atoms with Gasteiger partial charge in [-0.2, -0.15) is 0 Å². The molecule has 1 atom stereocenters. The Morgan fingerprint density at radius 3 is 2.27 bits per heavy atom. The van der Waals surface area contributed by atoms with Crippen LogP contribution in [0, 0.1) is 0 Å². The van der Waals surface area contributed by atoms with Crippen LogP contribution in [0.25, 0.3) is 0 Å². The molecule has 1 rings (SSSR count). The second kappa shape index (κ2) is 4.27. The summed E-state index contributed by atoms with van der Waals surface area (Å²) < 4.78 is 1.14. The second-order valence-electron chi connectivity index (χ2n) is 2.61. The van der Waals surface area contributed by atoms with E-state index in [9.17, 15) is 0 Å². The number of hydrogen-bond donors (Lipinski definition) is 0. The van der Waals surface area contributed by atoms with Gasteiger partial charge in [0.2, 0.25) is 0 Å². The summed E-state index contributed by atoms with van der Waals surface area (Å²) in [6.07, 6.45) is 0. The number of rotatable bonds is 2. The first-order valence-electron chi connectivity index (χ1n) is 3.55. The van der Waals surface area contributed by atoms with Crippen molar-refractivity contribution in [2.45, 2.75) is 12.8 Å². The Balaban J connectivity index is 2.81. The molecular weight excluding hydrogens is 268 g/mol. The fourth-order valence-electron chi connectivity index (χ4n) is 0.880. The molecule has 0 N–H and O–H groups in total. The average molecular weight is 278 g/mol. The van der Waals surface area contributed by atoms with Crippen molar-refractivity contribution < 1.29 is 0 Å². The topological polar surface area (TPSA) is 0 Å². The Morgan fingerprint density at radius 1 is 1.27 bits per heavy atom. The molecule has 0 saturated carbocycles. The zero-order valence-corrected chi connectivity index (χ0v) is 9.52. The molecule has 0 nitrogen and oxygen atoms in total. The van der Waals surface area contributed by atoms with Crippen LogP contribution in [0.4, 0.5) is 0 Å². The van der Waals surface area contributed by atoms with E-state index < -0.39 is 0 Å². The summed E-state index contributed by atoms with van der Waals surface area (Å²) in [5.74, 6) is 0.600. The largest absolute Gasteiger partial charge is 0.0922 e. The molecule has 0 radical (unpaired) electrons. The van der Waals surface area contributed by atoms with Crippen LogP contribution in [0.3, 0.4) is 0 Å². The normalized spacial score (nSPS) is 13.0. The fraction of sp³-hybridized carbons (Fsp3) is 0.333. The summed E-state index contributed by atoms with van der Waals surface area (Å²) in [6.45, 7) is 2.21. The van der Waals surface area contributed by atoms with Crippen molar-refractivity contribution in [3.63, 3.8) is 0 Å². The van der Waals surface area contributed by atoms with Crippen LogP contribution >= 0.6 is 31.9 Å². The number of benzene rings is 1. The molecule has 0 spiro atoms. The van der Waals surface area contributed by atoms with Crippen molar-refractivity contribution in [1.82, 2.24) is 0 Å². The quantitative estimate of drug-likeness (QED) is 0.718. The molecule has 0 saturated heterocycles. The molecule has 11 heavy (non-hydrogen) atoms. The van der Waals surface area contributed by atoms with E-state index in [0.29, 0.717) is 5.92 Å². The minimum atomic E-state index is 0.600. The van der Waals surface area contributed by atoms with E-state index in [1.54, 1.807) is 0 Å². The van der Waals surface area contributed by atoms with Crippen molar-refractivity contribution in [3.05, 3.63) is 34.3 Å². The van der Waals surface area contributed by atoms with Gasteiger partial charge in [-0.1, -0.05) is 50.9 Å². The fourth-order valence-corrected chi connectivity index (χ4v) is 1.52. The Kier molecular flexibility index (Phi) is 3.60. The van der Waals surface area contributed by atoms with E-state index in [0.717, 1.165) is 9.80 Å². The lowest BCUT2D eigenvalue weighted by Gasteiger charge is -2.06. The van der Waals surface area contributed by atoms with Gasteiger partial charge in [0.1, 0.15) is 0 Å². The van der Waals surface area contributed by atoms with Gasteiger partial charge in [0, 0.05) is 9.80 Å². The van der Waals surface area contributed by atoms with Gasteiger partial charge in [0.05, 0.1) is 0 Å². The highest BCUT2D eigenvalue weighted by Gasteiger charge is 2.01. The van der Waals surface area contributed by atoms with Crippen LogP contribution in [0.2, 0.25) is 0 Å². The summed E-state index contributed by atoms with van der Waals surface area (Å²) in [5.41, 5.74) is 1.38. The zero-order valence-electron chi connectivity index (χ0n) is 6.35. The molecule has 0 aliphatic heterocycles. The molecule has 0 heterocycles. The van der Waals surface area contributed by atoms with Crippen LogP contribution < -0.4 is 0 Å². The van der Waals surface area contributed by atoms with E-state index in [1.165, 1.54) is 5.56 Å². The van der Waals surface area contributed by atoms with Gasteiger partial charge in [-0.05, 0) is 23.6 Å². The molecule has 1 unspecified atom stereocenters. The second-order valence-corrected chi connectivity index (χ2v) is 4.17. The minimum Gasteiger partial charge on any atom is -0.0922 e. The summed E-state index contributed by atoms with van der Waals surface area (Å²) in [4.78, 5) is 0. The third-order valence-electron chi connectivity index (χ3n) is 1.67. The maximum absolute atomic E-state index is 3.46. The lowest BCUT2D eigenvalue weighted by Crippen LogP contribution is -1.92. The van der Waals surface area contributed by atoms with Crippen LogP contribution in [-0.2, 0) is 0 Å². The summed E-state index contributed by atoms with van der Waals surface area (Å²) >= 11 is 6.86. The van der Waals surface area contributed by atoms with Crippen molar-refractivity contribution in [2.24, 2.45) is 0 Å². The number of halogens is 2. The number of alkyl halides is 1. The van der Waals surface area contributed by atoms with Gasteiger partial charge in [0.15, 0.2) is 0 Å². The van der Waals surface area contributed by atoms with Crippen LogP contribution in [0.1, 0.15) is 18.4 Å². The van der Waals surface area contributed by atoms with Crippen molar-refractivity contribution in [3.8, 4) is 0 Å². The van der Waals surface area contributed by atoms with Crippen LogP contribution in [0.15, 0.2) is 28.7 Å². The number of hydrogen-bond acceptors (Lipinski definition) is 0. The Bertz CT molecular complexity index is 216. The minimum absolute atomic E-state index is 0.600. The monoisotopic (exact) mass is 276 g/mol. The van der Waals surface area contributed by atoms with Gasteiger partial charge < -0.3 is 0 Å². The molecule has 0 fully saturated rings. The first-order valence-corrected chi connectivity index (χ1v) is 5.47. The molecule has 60 valence electrons. The lowest BCUT2D eigenvalue weighted by atomic mass is 10.0. The van der Waals surface area contributed by atoms with Crippen molar-refractivity contribution in [1.29, 1.82) is 0 Å². The molecule has 0 aromatic heterocycles. The maximum Gasteiger partial charge on any atom is 0.0175 e. The Morgan fingerprint density at radius 2 is 1.82 bits per heavy atom. The molecule has 0 bridgehead atoms. The Hall–Kier alpha value is 0.180. The lowest BCUT2D eigenvalue weighted by molar-refractivity contribution is 0.887. The van der Waals surface area contributed by atoms with E-state index in [-0.39, 0.29) is 0 Å². The predicted molar refractivity (Wildman–Crippen MR) is 56.4 cm³/mol. The standard InChI is InChI=1S/C9H10Br2/c1-7(6-10)8-2-4-9(11)5-3-8/h2-5,7H,6H2,1H3. The highest BCUT2D eigenvalue weighted by atomic mass is 79.9. The molecule has 1 aromatic carbocycles. The molecule has 0 aliphatic rings. The average Bonchev–Trinajstić information content (AvgIpc) is 2.05.